The maximum atomic E-state index is 4.89. The van der Waals surface area contributed by atoms with Crippen LogP contribution in [0, 0.1) is 6.92 Å². The number of pyridine rings is 1. The van der Waals surface area contributed by atoms with E-state index in [9.17, 15) is 0 Å². The Labute approximate surface area is 146 Å². The maximum absolute atomic E-state index is 4.89. The van der Waals surface area contributed by atoms with Crippen LogP contribution < -0.4 is 5.32 Å². The van der Waals surface area contributed by atoms with Crippen LogP contribution in [-0.2, 0) is 6.42 Å². The highest BCUT2D eigenvalue weighted by atomic mass is 15.3. The molecule has 0 aliphatic carbocycles. The van der Waals surface area contributed by atoms with Crippen molar-refractivity contribution in [2.24, 2.45) is 4.99 Å². The first kappa shape index (κ1) is 17.2. The molecular formula is C19H31N5. The summed E-state index contributed by atoms with van der Waals surface area (Å²) in [6.45, 7) is 10.9. The summed E-state index contributed by atoms with van der Waals surface area (Å²) < 4.78 is 0. The molecule has 0 amide bonds. The van der Waals surface area contributed by atoms with Gasteiger partial charge in [0.05, 0.1) is 0 Å². The number of aryl methyl sites for hydroxylation is 1. The third kappa shape index (κ3) is 4.26. The molecule has 1 aromatic rings. The van der Waals surface area contributed by atoms with Crippen LogP contribution in [0.3, 0.4) is 0 Å². The van der Waals surface area contributed by atoms with Crippen molar-refractivity contribution >= 4 is 5.96 Å². The average molecular weight is 329 g/mol. The minimum absolute atomic E-state index is 0.721. The number of rotatable bonds is 5. The minimum atomic E-state index is 0.721. The Balaban J connectivity index is 1.56. The van der Waals surface area contributed by atoms with Crippen molar-refractivity contribution in [3.05, 3.63) is 29.6 Å². The zero-order valence-corrected chi connectivity index (χ0v) is 15.2. The first-order chi connectivity index (χ1) is 11.8. The number of aliphatic imine (C=N–C) groups is 1. The number of hydrogen-bond acceptors (Lipinski definition) is 3. The zero-order chi connectivity index (χ0) is 16.8. The molecule has 2 aliphatic rings. The van der Waals surface area contributed by atoms with Gasteiger partial charge in [-0.05, 0) is 69.8 Å². The van der Waals surface area contributed by atoms with E-state index < -0.39 is 0 Å². The topological polar surface area (TPSA) is 43.8 Å². The van der Waals surface area contributed by atoms with Crippen molar-refractivity contribution in [3.63, 3.8) is 0 Å². The summed E-state index contributed by atoms with van der Waals surface area (Å²) in [6.07, 6.45) is 8.80. The fraction of sp³-hybridized carbons (Fsp3) is 0.684. The van der Waals surface area contributed by atoms with E-state index in [1.807, 2.05) is 12.4 Å². The Morgan fingerprint density at radius 2 is 2.17 bits per heavy atom. The highest BCUT2D eigenvalue weighted by Gasteiger charge is 2.30. The van der Waals surface area contributed by atoms with Crippen LogP contribution in [0.25, 0.3) is 0 Å². The van der Waals surface area contributed by atoms with Gasteiger partial charge in [-0.25, -0.2) is 0 Å². The Hall–Kier alpha value is -1.62. The normalized spacial score (nSPS) is 22.3. The first-order valence-corrected chi connectivity index (χ1v) is 9.44. The molecule has 5 nitrogen and oxygen atoms in total. The smallest absolute Gasteiger partial charge is 0.193 e. The largest absolute Gasteiger partial charge is 0.357 e. The van der Waals surface area contributed by atoms with Gasteiger partial charge in [0.2, 0.25) is 0 Å². The lowest BCUT2D eigenvalue weighted by atomic mass is 10.1. The molecule has 0 aromatic carbocycles. The second-order valence-electron chi connectivity index (χ2n) is 6.92. The number of nitrogens with zero attached hydrogens (tertiary/aromatic N) is 4. The van der Waals surface area contributed by atoms with Gasteiger partial charge < -0.3 is 10.2 Å². The summed E-state index contributed by atoms with van der Waals surface area (Å²) in [5, 5.41) is 3.48. The summed E-state index contributed by atoms with van der Waals surface area (Å²) in [6, 6.07) is 2.83. The van der Waals surface area contributed by atoms with Gasteiger partial charge in [0.25, 0.3) is 0 Å². The predicted octanol–water partition coefficient (Wildman–Crippen LogP) is 2.07. The van der Waals surface area contributed by atoms with Crippen molar-refractivity contribution in [2.75, 3.05) is 39.3 Å². The Morgan fingerprint density at radius 3 is 2.92 bits per heavy atom. The number of hydrogen-bond donors (Lipinski definition) is 1. The second kappa shape index (κ2) is 8.47. The maximum Gasteiger partial charge on any atom is 0.193 e. The molecule has 1 unspecified atom stereocenters. The molecule has 1 atom stereocenters. The van der Waals surface area contributed by atoms with E-state index in [0.717, 1.165) is 44.6 Å². The number of aromatic nitrogens is 1. The quantitative estimate of drug-likeness (QED) is 0.663. The molecule has 0 spiro atoms. The van der Waals surface area contributed by atoms with Gasteiger partial charge in [-0.15, -0.1) is 0 Å². The lowest BCUT2D eigenvalue weighted by molar-refractivity contribution is 0.249. The molecule has 24 heavy (non-hydrogen) atoms. The molecule has 5 heteroatoms. The fourth-order valence-corrected chi connectivity index (χ4v) is 3.83. The molecule has 1 N–H and O–H groups in total. The fourth-order valence-electron chi connectivity index (χ4n) is 3.83. The molecule has 0 bridgehead atoms. The Bertz CT molecular complexity index is 550. The molecule has 1 aromatic heterocycles. The van der Waals surface area contributed by atoms with Crippen LogP contribution in [0.15, 0.2) is 23.5 Å². The number of guanidine groups is 1. The van der Waals surface area contributed by atoms with E-state index >= 15 is 0 Å². The number of likely N-dealkylation sites (tertiary alicyclic amines) is 2. The Morgan fingerprint density at radius 1 is 1.33 bits per heavy atom. The van der Waals surface area contributed by atoms with Gasteiger partial charge in [0.1, 0.15) is 0 Å². The number of nitrogens with one attached hydrogen (secondary N) is 1. The first-order valence-electron chi connectivity index (χ1n) is 9.44. The van der Waals surface area contributed by atoms with Crippen LogP contribution in [0.1, 0.15) is 37.3 Å². The highest BCUT2D eigenvalue weighted by molar-refractivity contribution is 5.80. The molecule has 0 saturated carbocycles. The van der Waals surface area contributed by atoms with Crippen molar-refractivity contribution in [2.45, 2.75) is 45.6 Å². The third-order valence-corrected chi connectivity index (χ3v) is 5.23. The van der Waals surface area contributed by atoms with E-state index in [4.69, 9.17) is 4.99 Å². The van der Waals surface area contributed by atoms with Crippen molar-refractivity contribution in [1.29, 1.82) is 0 Å². The molecule has 2 aliphatic heterocycles. The van der Waals surface area contributed by atoms with Crippen LogP contribution in [-0.4, -0.2) is 66.1 Å². The van der Waals surface area contributed by atoms with Crippen LogP contribution in [0.4, 0.5) is 0 Å². The third-order valence-electron chi connectivity index (χ3n) is 5.23. The van der Waals surface area contributed by atoms with Crippen LogP contribution in [0.2, 0.25) is 0 Å². The summed E-state index contributed by atoms with van der Waals surface area (Å²) in [7, 11) is 0. The van der Waals surface area contributed by atoms with Gasteiger partial charge in [0.15, 0.2) is 5.96 Å². The van der Waals surface area contributed by atoms with E-state index in [0.29, 0.717) is 0 Å². The van der Waals surface area contributed by atoms with Crippen molar-refractivity contribution in [3.8, 4) is 0 Å². The molecule has 132 valence electrons. The SMILES string of the molecule is CCNC(=NCCc1ccncc1C)N1CCC(N2CCCC2)C1. The van der Waals surface area contributed by atoms with Crippen LogP contribution >= 0.6 is 0 Å². The standard InChI is InChI=1S/C19H31N5/c1-3-21-19(22-10-7-17-6-9-20-14-16(17)2)24-13-8-18(15-24)23-11-4-5-12-23/h6,9,14,18H,3-5,7-8,10-13,15H2,1-2H3,(H,21,22). The van der Waals surface area contributed by atoms with E-state index in [-0.39, 0.29) is 0 Å². The summed E-state index contributed by atoms with van der Waals surface area (Å²) >= 11 is 0. The molecule has 0 radical (unpaired) electrons. The minimum Gasteiger partial charge on any atom is -0.357 e. The van der Waals surface area contributed by atoms with Crippen molar-refractivity contribution in [1.82, 2.24) is 20.1 Å². The van der Waals surface area contributed by atoms with Gasteiger partial charge in [-0.1, -0.05) is 0 Å². The van der Waals surface area contributed by atoms with Gasteiger partial charge in [0, 0.05) is 44.6 Å². The van der Waals surface area contributed by atoms with Gasteiger partial charge in [-0.2, -0.15) is 0 Å². The van der Waals surface area contributed by atoms with Gasteiger partial charge in [-0.3, -0.25) is 14.9 Å². The van der Waals surface area contributed by atoms with E-state index in [1.54, 1.807) is 0 Å². The molecule has 2 fully saturated rings. The van der Waals surface area contributed by atoms with Gasteiger partial charge >= 0.3 is 0 Å². The van der Waals surface area contributed by atoms with E-state index in [1.165, 1.54) is 43.5 Å². The Kier molecular flexibility index (Phi) is 6.07. The predicted molar refractivity (Wildman–Crippen MR) is 99.4 cm³/mol. The monoisotopic (exact) mass is 329 g/mol. The molecule has 3 heterocycles. The molecule has 2 saturated heterocycles. The van der Waals surface area contributed by atoms with Crippen molar-refractivity contribution < 1.29 is 0 Å². The zero-order valence-electron chi connectivity index (χ0n) is 15.2. The lowest BCUT2D eigenvalue weighted by Gasteiger charge is -2.25. The van der Waals surface area contributed by atoms with E-state index in [2.05, 4.69) is 40.0 Å². The average Bonchev–Trinajstić information content (AvgIpc) is 3.27. The highest BCUT2D eigenvalue weighted by Crippen LogP contribution is 2.20. The lowest BCUT2D eigenvalue weighted by Crippen LogP contribution is -2.42. The summed E-state index contributed by atoms with van der Waals surface area (Å²) in [5.74, 6) is 1.09. The second-order valence-corrected chi connectivity index (χ2v) is 6.92. The molecule has 3 rings (SSSR count). The van der Waals surface area contributed by atoms with Crippen LogP contribution in [0.5, 0.6) is 0 Å². The molecular weight excluding hydrogens is 298 g/mol. The summed E-state index contributed by atoms with van der Waals surface area (Å²) in [4.78, 5) is 14.2. The summed E-state index contributed by atoms with van der Waals surface area (Å²) in [5.41, 5.74) is 2.61.